The molecule has 0 aliphatic heterocycles. The molecule has 1 N–H and O–H groups in total. The van der Waals surface area contributed by atoms with Crippen LogP contribution < -0.4 is 5.32 Å². The van der Waals surface area contributed by atoms with E-state index in [1.54, 1.807) is 0 Å². The number of rotatable bonds is 6. The summed E-state index contributed by atoms with van der Waals surface area (Å²) >= 11 is 0. The SMILES string of the molecule is CCCN(CC1CC1)C(=O)NC[C@@H]1CC=CCC1. The van der Waals surface area contributed by atoms with Gasteiger partial charge in [0.2, 0.25) is 0 Å². The Balaban J connectivity index is 1.71. The zero-order valence-electron chi connectivity index (χ0n) is 11.5. The summed E-state index contributed by atoms with van der Waals surface area (Å²) in [7, 11) is 0. The fourth-order valence-electron chi connectivity index (χ4n) is 2.54. The number of carbonyl (C=O) groups excluding carboxylic acids is 1. The highest BCUT2D eigenvalue weighted by Crippen LogP contribution is 2.29. The average Bonchev–Trinajstić information content (AvgIpc) is 3.21. The minimum Gasteiger partial charge on any atom is -0.338 e. The Morgan fingerprint density at radius 1 is 1.28 bits per heavy atom. The maximum absolute atomic E-state index is 12.1. The number of nitrogens with zero attached hydrogens (tertiary/aromatic N) is 1. The van der Waals surface area contributed by atoms with E-state index in [1.807, 2.05) is 4.90 Å². The summed E-state index contributed by atoms with van der Waals surface area (Å²) in [4.78, 5) is 14.1. The van der Waals surface area contributed by atoms with Gasteiger partial charge in [0.1, 0.15) is 0 Å². The van der Waals surface area contributed by atoms with Crippen LogP contribution >= 0.6 is 0 Å². The Morgan fingerprint density at radius 3 is 2.72 bits per heavy atom. The number of amides is 2. The molecule has 0 unspecified atom stereocenters. The summed E-state index contributed by atoms with van der Waals surface area (Å²) in [6.45, 7) is 4.84. The van der Waals surface area contributed by atoms with E-state index in [2.05, 4.69) is 24.4 Å². The molecule has 1 saturated carbocycles. The smallest absolute Gasteiger partial charge is 0.317 e. The monoisotopic (exact) mass is 250 g/mol. The first-order valence-corrected chi connectivity index (χ1v) is 7.47. The van der Waals surface area contributed by atoms with E-state index in [1.165, 1.54) is 25.7 Å². The van der Waals surface area contributed by atoms with E-state index in [9.17, 15) is 4.79 Å². The normalized spacial score (nSPS) is 22.8. The lowest BCUT2D eigenvalue weighted by Crippen LogP contribution is -2.43. The molecule has 0 aromatic heterocycles. The highest BCUT2D eigenvalue weighted by atomic mass is 16.2. The molecule has 2 aliphatic carbocycles. The number of carbonyl (C=O) groups is 1. The predicted octanol–water partition coefficient (Wildman–Crippen LogP) is 3.17. The molecule has 1 fully saturated rings. The number of nitrogens with one attached hydrogen (secondary N) is 1. The van der Waals surface area contributed by atoms with Crippen molar-refractivity contribution in [2.75, 3.05) is 19.6 Å². The first-order chi connectivity index (χ1) is 8.79. The molecule has 0 radical (unpaired) electrons. The molecule has 18 heavy (non-hydrogen) atoms. The van der Waals surface area contributed by atoms with Crippen LogP contribution in [0.15, 0.2) is 12.2 Å². The standard InChI is InChI=1S/C15H26N2O/c1-2-10-17(12-14-8-9-14)15(18)16-11-13-6-4-3-5-7-13/h3-4,13-14H,2,5-12H2,1H3,(H,16,18)/t13-/m1/s1. The molecule has 102 valence electrons. The highest BCUT2D eigenvalue weighted by Gasteiger charge is 2.26. The van der Waals surface area contributed by atoms with E-state index >= 15 is 0 Å². The van der Waals surface area contributed by atoms with Crippen molar-refractivity contribution in [1.29, 1.82) is 0 Å². The Morgan fingerprint density at radius 2 is 2.11 bits per heavy atom. The van der Waals surface area contributed by atoms with Crippen LogP contribution in [0.4, 0.5) is 4.79 Å². The quantitative estimate of drug-likeness (QED) is 0.721. The second-order valence-electron chi connectivity index (χ2n) is 5.73. The first kappa shape index (κ1) is 13.4. The Bertz CT molecular complexity index is 297. The van der Waals surface area contributed by atoms with Crippen LogP contribution in [0.3, 0.4) is 0 Å². The Hall–Kier alpha value is -0.990. The summed E-state index contributed by atoms with van der Waals surface area (Å²) in [6.07, 6.45) is 11.7. The summed E-state index contributed by atoms with van der Waals surface area (Å²) < 4.78 is 0. The molecule has 0 aromatic carbocycles. The molecule has 1 atom stereocenters. The molecular formula is C15H26N2O. The van der Waals surface area contributed by atoms with Crippen molar-refractivity contribution in [3.63, 3.8) is 0 Å². The molecule has 3 heteroatoms. The number of hydrogen-bond acceptors (Lipinski definition) is 1. The zero-order chi connectivity index (χ0) is 12.8. The number of hydrogen-bond donors (Lipinski definition) is 1. The van der Waals surface area contributed by atoms with Gasteiger partial charge in [-0.1, -0.05) is 19.1 Å². The summed E-state index contributed by atoms with van der Waals surface area (Å²) in [5, 5.41) is 3.12. The van der Waals surface area contributed by atoms with Crippen molar-refractivity contribution < 1.29 is 4.79 Å². The highest BCUT2D eigenvalue weighted by molar-refractivity contribution is 5.74. The maximum Gasteiger partial charge on any atom is 0.317 e. The summed E-state index contributed by atoms with van der Waals surface area (Å²) in [6, 6.07) is 0.151. The lowest BCUT2D eigenvalue weighted by atomic mass is 9.94. The van der Waals surface area contributed by atoms with E-state index < -0.39 is 0 Å². The molecule has 0 bridgehead atoms. The lowest BCUT2D eigenvalue weighted by Gasteiger charge is -2.25. The van der Waals surface area contributed by atoms with E-state index in [0.29, 0.717) is 5.92 Å². The van der Waals surface area contributed by atoms with Gasteiger partial charge in [-0.25, -0.2) is 4.79 Å². The van der Waals surface area contributed by atoms with Crippen molar-refractivity contribution >= 4 is 6.03 Å². The van der Waals surface area contributed by atoms with Crippen molar-refractivity contribution in [1.82, 2.24) is 10.2 Å². The number of allylic oxidation sites excluding steroid dienone is 2. The molecule has 2 amide bonds. The van der Waals surface area contributed by atoms with Gasteiger partial charge in [0, 0.05) is 19.6 Å². The van der Waals surface area contributed by atoms with E-state index in [-0.39, 0.29) is 6.03 Å². The van der Waals surface area contributed by atoms with Crippen LogP contribution in [0.5, 0.6) is 0 Å². The minimum absolute atomic E-state index is 0.151. The van der Waals surface area contributed by atoms with Crippen LogP contribution in [-0.2, 0) is 0 Å². The number of urea groups is 1. The molecule has 2 aliphatic rings. The van der Waals surface area contributed by atoms with Gasteiger partial charge >= 0.3 is 6.03 Å². The largest absolute Gasteiger partial charge is 0.338 e. The third-order valence-corrected chi connectivity index (χ3v) is 3.88. The molecule has 0 heterocycles. The first-order valence-electron chi connectivity index (χ1n) is 7.47. The van der Waals surface area contributed by atoms with Crippen molar-refractivity contribution in [2.24, 2.45) is 11.8 Å². The van der Waals surface area contributed by atoms with Crippen LogP contribution in [0.2, 0.25) is 0 Å². The van der Waals surface area contributed by atoms with Crippen LogP contribution in [0.25, 0.3) is 0 Å². The second kappa shape index (κ2) is 6.81. The zero-order valence-corrected chi connectivity index (χ0v) is 11.5. The Labute approximate surface area is 111 Å². The van der Waals surface area contributed by atoms with Crippen molar-refractivity contribution in [3.8, 4) is 0 Å². The summed E-state index contributed by atoms with van der Waals surface area (Å²) in [5.41, 5.74) is 0. The fraction of sp³-hybridized carbons (Fsp3) is 0.800. The van der Waals surface area contributed by atoms with Gasteiger partial charge in [-0.3, -0.25) is 0 Å². The van der Waals surface area contributed by atoms with Gasteiger partial charge in [0.15, 0.2) is 0 Å². The topological polar surface area (TPSA) is 32.3 Å². The van der Waals surface area contributed by atoms with Crippen molar-refractivity contribution in [3.05, 3.63) is 12.2 Å². The van der Waals surface area contributed by atoms with E-state index in [4.69, 9.17) is 0 Å². The molecule has 0 saturated heterocycles. The molecule has 3 nitrogen and oxygen atoms in total. The van der Waals surface area contributed by atoms with Gasteiger partial charge in [-0.2, -0.15) is 0 Å². The van der Waals surface area contributed by atoms with Gasteiger partial charge in [-0.15, -0.1) is 0 Å². The van der Waals surface area contributed by atoms with Crippen molar-refractivity contribution in [2.45, 2.75) is 45.4 Å². The molecular weight excluding hydrogens is 224 g/mol. The molecule has 0 aromatic rings. The van der Waals surface area contributed by atoms with Gasteiger partial charge in [0.05, 0.1) is 0 Å². The predicted molar refractivity (Wildman–Crippen MR) is 74.5 cm³/mol. The third-order valence-electron chi connectivity index (χ3n) is 3.88. The molecule has 0 spiro atoms. The van der Waals surface area contributed by atoms with Crippen LogP contribution in [0, 0.1) is 11.8 Å². The van der Waals surface area contributed by atoms with Gasteiger partial charge in [0.25, 0.3) is 0 Å². The average molecular weight is 250 g/mol. The third kappa shape index (κ3) is 4.35. The fourth-order valence-corrected chi connectivity index (χ4v) is 2.54. The van der Waals surface area contributed by atoms with Crippen LogP contribution in [-0.4, -0.2) is 30.6 Å². The van der Waals surface area contributed by atoms with Gasteiger partial charge < -0.3 is 10.2 Å². The lowest BCUT2D eigenvalue weighted by molar-refractivity contribution is 0.193. The minimum atomic E-state index is 0.151. The van der Waals surface area contributed by atoms with Crippen LogP contribution in [0.1, 0.15) is 45.4 Å². The van der Waals surface area contributed by atoms with Gasteiger partial charge in [-0.05, 0) is 50.4 Å². The summed E-state index contributed by atoms with van der Waals surface area (Å²) in [5.74, 6) is 1.42. The Kier molecular flexibility index (Phi) is 5.09. The maximum atomic E-state index is 12.1. The van der Waals surface area contributed by atoms with E-state index in [0.717, 1.165) is 38.4 Å². The second-order valence-corrected chi connectivity index (χ2v) is 5.73. The molecule has 2 rings (SSSR count).